The van der Waals surface area contributed by atoms with Gasteiger partial charge in [0.25, 0.3) is 11.2 Å². The Hall–Kier alpha value is -2.74. The van der Waals surface area contributed by atoms with E-state index < -0.39 is 4.92 Å². The Labute approximate surface area is 123 Å². The van der Waals surface area contributed by atoms with Crippen LogP contribution < -0.4 is 11.0 Å². The third-order valence-corrected chi connectivity index (χ3v) is 2.78. The Morgan fingerprint density at radius 1 is 1.48 bits per heavy atom. The van der Waals surface area contributed by atoms with Crippen molar-refractivity contribution in [1.82, 2.24) is 9.97 Å². The molecule has 8 nitrogen and oxygen atoms in total. The molecule has 2 N–H and O–H groups in total. The molecule has 0 atom stereocenters. The Balaban J connectivity index is 2.19. The van der Waals surface area contributed by atoms with E-state index in [0.29, 0.717) is 16.3 Å². The second-order valence-electron chi connectivity index (χ2n) is 4.07. The first kappa shape index (κ1) is 14.7. The van der Waals surface area contributed by atoms with E-state index in [1.54, 1.807) is 6.92 Å². The van der Waals surface area contributed by atoms with Crippen molar-refractivity contribution in [2.75, 3.05) is 5.43 Å². The monoisotopic (exact) mass is 307 g/mol. The number of hydrazone groups is 1. The summed E-state index contributed by atoms with van der Waals surface area (Å²) in [6, 6.07) is 5.34. The van der Waals surface area contributed by atoms with Crippen LogP contribution in [0.15, 0.2) is 34.2 Å². The number of aromatic nitrogens is 2. The number of H-pyrrole nitrogens is 1. The summed E-state index contributed by atoms with van der Waals surface area (Å²) in [6.07, 6.45) is 1.30. The average Bonchev–Trinajstić information content (AvgIpc) is 2.39. The predicted octanol–water partition coefficient (Wildman–Crippen LogP) is 2.09. The number of aryl methyl sites for hydroxylation is 1. The van der Waals surface area contributed by atoms with Gasteiger partial charge in [-0.15, -0.1) is 0 Å². The van der Waals surface area contributed by atoms with Gasteiger partial charge in [-0.25, -0.2) is 10.4 Å². The molecule has 0 radical (unpaired) electrons. The topological polar surface area (TPSA) is 113 Å². The molecule has 1 aromatic carbocycles. The summed E-state index contributed by atoms with van der Waals surface area (Å²) < 4.78 is 0. The molecule has 108 valence electrons. The predicted molar refractivity (Wildman–Crippen MR) is 78.9 cm³/mol. The fourth-order valence-electron chi connectivity index (χ4n) is 1.54. The van der Waals surface area contributed by atoms with Crippen LogP contribution in [0, 0.1) is 17.0 Å². The highest BCUT2D eigenvalue weighted by Crippen LogP contribution is 2.20. The van der Waals surface area contributed by atoms with E-state index in [-0.39, 0.29) is 17.2 Å². The van der Waals surface area contributed by atoms with Gasteiger partial charge in [-0.1, -0.05) is 11.6 Å². The van der Waals surface area contributed by atoms with Crippen molar-refractivity contribution in [2.45, 2.75) is 6.92 Å². The minimum absolute atomic E-state index is 0.0945. The van der Waals surface area contributed by atoms with Crippen LogP contribution in [0.3, 0.4) is 0 Å². The van der Waals surface area contributed by atoms with Gasteiger partial charge >= 0.3 is 0 Å². The van der Waals surface area contributed by atoms with Crippen LogP contribution >= 0.6 is 11.6 Å². The summed E-state index contributed by atoms with van der Waals surface area (Å²) in [5, 5.41) is 14.8. The van der Waals surface area contributed by atoms with Crippen LogP contribution in [0.2, 0.25) is 5.02 Å². The van der Waals surface area contributed by atoms with E-state index in [1.807, 2.05) is 0 Å². The number of rotatable bonds is 4. The van der Waals surface area contributed by atoms with Crippen molar-refractivity contribution in [3.63, 3.8) is 0 Å². The van der Waals surface area contributed by atoms with Gasteiger partial charge in [0.1, 0.15) is 0 Å². The van der Waals surface area contributed by atoms with Gasteiger partial charge in [-0.2, -0.15) is 5.10 Å². The number of nitrogens with one attached hydrogen (secondary N) is 2. The molecule has 2 aromatic rings. The molecule has 21 heavy (non-hydrogen) atoms. The van der Waals surface area contributed by atoms with E-state index in [0.717, 1.165) is 0 Å². The second-order valence-corrected chi connectivity index (χ2v) is 4.48. The molecule has 0 aliphatic carbocycles. The molecule has 0 amide bonds. The molecule has 0 bridgehead atoms. The lowest BCUT2D eigenvalue weighted by Gasteiger charge is -2.00. The molecule has 0 saturated carbocycles. The molecule has 2 rings (SSSR count). The first-order chi connectivity index (χ1) is 9.95. The van der Waals surface area contributed by atoms with Gasteiger partial charge < -0.3 is 0 Å². The number of nitro groups is 1. The molecule has 0 saturated heterocycles. The number of non-ortho nitro benzene ring substituents is 1. The largest absolute Gasteiger partial charge is 0.291 e. The van der Waals surface area contributed by atoms with Crippen molar-refractivity contribution in [3.05, 3.63) is 61.0 Å². The lowest BCUT2D eigenvalue weighted by atomic mass is 10.2. The van der Waals surface area contributed by atoms with Gasteiger partial charge in [0, 0.05) is 34.5 Å². The summed E-state index contributed by atoms with van der Waals surface area (Å²) in [4.78, 5) is 27.9. The molecule has 0 aliphatic rings. The first-order valence-electron chi connectivity index (χ1n) is 5.76. The summed E-state index contributed by atoms with van der Waals surface area (Å²) in [7, 11) is 0. The molecule has 1 aromatic heterocycles. The first-order valence-corrected chi connectivity index (χ1v) is 6.14. The molecule has 0 unspecified atom stereocenters. The summed E-state index contributed by atoms with van der Waals surface area (Å²) in [6.45, 7) is 1.67. The van der Waals surface area contributed by atoms with Gasteiger partial charge in [0.2, 0.25) is 5.95 Å². The summed E-state index contributed by atoms with van der Waals surface area (Å²) in [5.74, 6) is 0.165. The fourth-order valence-corrected chi connectivity index (χ4v) is 1.70. The smallest absolute Gasteiger partial charge is 0.270 e. The number of aromatic amines is 1. The van der Waals surface area contributed by atoms with E-state index in [4.69, 9.17) is 11.6 Å². The number of halogens is 1. The van der Waals surface area contributed by atoms with E-state index in [1.165, 1.54) is 30.5 Å². The van der Waals surface area contributed by atoms with Crippen molar-refractivity contribution in [1.29, 1.82) is 0 Å². The highest BCUT2D eigenvalue weighted by molar-refractivity contribution is 6.33. The number of benzene rings is 1. The van der Waals surface area contributed by atoms with Gasteiger partial charge in [-0.05, 0) is 13.0 Å². The van der Waals surface area contributed by atoms with Crippen molar-refractivity contribution in [3.8, 4) is 0 Å². The lowest BCUT2D eigenvalue weighted by Crippen LogP contribution is -2.10. The number of nitrogens with zero attached hydrogens (tertiary/aromatic N) is 3. The highest BCUT2D eigenvalue weighted by Gasteiger charge is 2.08. The number of nitro benzene ring substituents is 1. The standard InChI is InChI=1S/C12H10ClN5O3/c1-7-4-11(19)16-12(15-7)17-14-6-8-5-9(18(20)21)2-3-10(8)13/h2-6H,1H3,(H2,15,16,17,19)/b14-6-. The van der Waals surface area contributed by atoms with Crippen LogP contribution in [0.25, 0.3) is 0 Å². The maximum absolute atomic E-state index is 11.2. The van der Waals surface area contributed by atoms with Crippen LogP contribution in [0.4, 0.5) is 11.6 Å². The molecule has 0 aliphatic heterocycles. The second kappa shape index (κ2) is 6.14. The molecule has 0 spiro atoms. The Kier molecular flexibility index (Phi) is 4.29. The van der Waals surface area contributed by atoms with E-state index in [9.17, 15) is 14.9 Å². The van der Waals surface area contributed by atoms with Crippen molar-refractivity contribution in [2.24, 2.45) is 5.10 Å². The molecule has 0 fully saturated rings. The molecule has 9 heteroatoms. The zero-order valence-electron chi connectivity index (χ0n) is 10.8. The summed E-state index contributed by atoms with van der Waals surface area (Å²) >= 11 is 5.92. The zero-order chi connectivity index (χ0) is 15.4. The van der Waals surface area contributed by atoms with Crippen LogP contribution in [0.1, 0.15) is 11.3 Å². The Morgan fingerprint density at radius 2 is 2.24 bits per heavy atom. The Bertz CT molecular complexity index is 772. The third kappa shape index (κ3) is 3.86. The number of hydrogen-bond donors (Lipinski definition) is 2. The van der Waals surface area contributed by atoms with Crippen LogP contribution in [-0.4, -0.2) is 21.1 Å². The molecular weight excluding hydrogens is 298 g/mol. The molecular formula is C12H10ClN5O3. The van der Waals surface area contributed by atoms with Crippen LogP contribution in [-0.2, 0) is 0 Å². The lowest BCUT2D eigenvalue weighted by molar-refractivity contribution is -0.384. The SMILES string of the molecule is Cc1cc(=O)[nH]c(N/N=C\c2cc([N+](=O)[O-])ccc2Cl)n1. The Morgan fingerprint density at radius 3 is 2.90 bits per heavy atom. The van der Waals surface area contributed by atoms with Crippen LogP contribution in [0.5, 0.6) is 0 Å². The number of anilines is 1. The minimum Gasteiger partial charge on any atom is -0.291 e. The van der Waals surface area contributed by atoms with Crippen molar-refractivity contribution >= 4 is 29.5 Å². The van der Waals surface area contributed by atoms with Crippen molar-refractivity contribution < 1.29 is 4.92 Å². The van der Waals surface area contributed by atoms with Gasteiger partial charge in [0.15, 0.2) is 0 Å². The van der Waals surface area contributed by atoms with Gasteiger partial charge in [0.05, 0.1) is 11.1 Å². The molecule has 1 heterocycles. The minimum atomic E-state index is -0.527. The maximum Gasteiger partial charge on any atom is 0.270 e. The third-order valence-electron chi connectivity index (χ3n) is 2.43. The fraction of sp³-hybridized carbons (Fsp3) is 0.0833. The average molecular weight is 308 g/mol. The zero-order valence-corrected chi connectivity index (χ0v) is 11.6. The highest BCUT2D eigenvalue weighted by atomic mass is 35.5. The van der Waals surface area contributed by atoms with E-state index >= 15 is 0 Å². The normalized spacial score (nSPS) is 10.8. The quantitative estimate of drug-likeness (QED) is 0.510. The van der Waals surface area contributed by atoms with Gasteiger partial charge in [-0.3, -0.25) is 19.9 Å². The number of hydrogen-bond acceptors (Lipinski definition) is 6. The van der Waals surface area contributed by atoms with E-state index in [2.05, 4.69) is 20.5 Å². The summed E-state index contributed by atoms with van der Waals surface area (Å²) in [5.41, 5.74) is 3.02. The maximum atomic E-state index is 11.2.